The fraction of sp³-hybridized carbons (Fsp3) is 0.786. The lowest BCUT2D eigenvalue weighted by Gasteiger charge is -2.32. The Morgan fingerprint density at radius 2 is 1.42 bits per heavy atom. The molecular weight excluding hydrogens is 490 g/mol. The van der Waals surface area contributed by atoms with Gasteiger partial charge in [-0.2, -0.15) is 0 Å². The number of cyclic esters (lactones) is 1. The van der Waals surface area contributed by atoms with Crippen LogP contribution >= 0.6 is 0 Å². The highest BCUT2D eigenvalue weighted by atomic mass is 16.5. The van der Waals surface area contributed by atoms with Gasteiger partial charge in [-0.15, -0.1) is 0 Å². The first-order chi connectivity index (χ1) is 17.8. The third kappa shape index (κ3) is 10.4. The average molecular weight is 540 g/mol. The van der Waals surface area contributed by atoms with Crippen molar-refractivity contribution in [1.29, 1.82) is 0 Å². The van der Waals surface area contributed by atoms with Crippen molar-refractivity contribution in [1.82, 2.24) is 16.0 Å². The highest BCUT2D eigenvalue weighted by Gasteiger charge is 2.38. The molecule has 0 spiro atoms. The van der Waals surface area contributed by atoms with Crippen molar-refractivity contribution in [3.05, 3.63) is 12.3 Å². The van der Waals surface area contributed by atoms with Crippen molar-refractivity contribution in [2.45, 2.75) is 123 Å². The maximum absolute atomic E-state index is 13.1. The predicted molar refractivity (Wildman–Crippen MR) is 144 cm³/mol. The lowest BCUT2D eigenvalue weighted by molar-refractivity contribution is -0.152. The summed E-state index contributed by atoms with van der Waals surface area (Å²) in [5.74, 6) is -4.81. The zero-order valence-corrected chi connectivity index (χ0v) is 23.9. The molecule has 10 nitrogen and oxygen atoms in total. The molecule has 0 unspecified atom stereocenters. The minimum absolute atomic E-state index is 0.348. The Morgan fingerprint density at radius 3 is 1.97 bits per heavy atom. The summed E-state index contributed by atoms with van der Waals surface area (Å²) < 4.78 is 5.68. The lowest BCUT2D eigenvalue weighted by Crippen LogP contribution is -2.59. The van der Waals surface area contributed by atoms with Crippen LogP contribution in [-0.4, -0.2) is 64.3 Å². The monoisotopic (exact) mass is 539 g/mol. The van der Waals surface area contributed by atoms with E-state index in [9.17, 15) is 29.4 Å². The number of nitrogens with one attached hydrogen (secondary N) is 3. The first-order valence-electron chi connectivity index (χ1n) is 14.0. The van der Waals surface area contributed by atoms with Crippen molar-refractivity contribution in [2.24, 2.45) is 17.8 Å². The topological polar surface area (TPSA) is 154 Å². The third-order valence-corrected chi connectivity index (χ3v) is 7.23. The second-order valence-electron chi connectivity index (χ2n) is 10.9. The Balaban J connectivity index is 3.21. The normalized spacial score (nSPS) is 29.0. The Labute approximate surface area is 227 Å². The number of amides is 3. The summed E-state index contributed by atoms with van der Waals surface area (Å²) in [4.78, 5) is 51.7. The van der Waals surface area contributed by atoms with Crippen LogP contribution in [0.1, 0.15) is 92.9 Å². The number of aliphatic hydroxyl groups is 2. The first kappa shape index (κ1) is 33.6. The van der Waals surface area contributed by atoms with Crippen LogP contribution in [0, 0.1) is 17.8 Å². The van der Waals surface area contributed by atoms with E-state index < -0.39 is 65.9 Å². The van der Waals surface area contributed by atoms with E-state index in [1.807, 2.05) is 0 Å². The maximum atomic E-state index is 13.1. The molecule has 0 aromatic heterocycles. The summed E-state index contributed by atoms with van der Waals surface area (Å²) >= 11 is 0. The molecule has 0 bridgehead atoms. The van der Waals surface area contributed by atoms with Crippen LogP contribution in [0.3, 0.4) is 0 Å². The molecule has 38 heavy (non-hydrogen) atoms. The van der Waals surface area contributed by atoms with Gasteiger partial charge in [0.2, 0.25) is 17.7 Å². The van der Waals surface area contributed by atoms with Crippen LogP contribution in [0.15, 0.2) is 12.3 Å². The number of esters is 1. The van der Waals surface area contributed by atoms with Gasteiger partial charge in [0, 0.05) is 5.92 Å². The van der Waals surface area contributed by atoms with Gasteiger partial charge in [0.1, 0.15) is 23.9 Å². The van der Waals surface area contributed by atoms with E-state index in [1.54, 1.807) is 27.7 Å². The van der Waals surface area contributed by atoms with E-state index in [1.165, 1.54) is 26.2 Å². The molecule has 0 aromatic carbocycles. The highest BCUT2D eigenvalue weighted by molar-refractivity contribution is 5.97. The van der Waals surface area contributed by atoms with Crippen molar-refractivity contribution >= 4 is 23.7 Å². The van der Waals surface area contributed by atoms with Crippen molar-refractivity contribution in [3.63, 3.8) is 0 Å². The summed E-state index contributed by atoms with van der Waals surface area (Å²) in [7, 11) is 0. The number of carbonyl (C=O) groups excluding carboxylic acids is 4. The van der Waals surface area contributed by atoms with Crippen LogP contribution in [-0.2, 0) is 23.9 Å². The zero-order chi connectivity index (χ0) is 29.0. The fourth-order valence-electron chi connectivity index (χ4n) is 4.52. The Bertz CT molecular complexity index is 814. The summed E-state index contributed by atoms with van der Waals surface area (Å²) in [6.45, 7) is 13.8. The smallest absolute Gasteiger partial charge is 0.354 e. The number of ether oxygens (including phenoxy) is 1. The van der Waals surface area contributed by atoms with Gasteiger partial charge in [0.05, 0.1) is 18.1 Å². The van der Waals surface area contributed by atoms with E-state index >= 15 is 0 Å². The molecule has 1 fully saturated rings. The van der Waals surface area contributed by atoms with Gasteiger partial charge < -0.3 is 30.9 Å². The molecule has 1 aliphatic rings. The van der Waals surface area contributed by atoms with Gasteiger partial charge in [-0.25, -0.2) is 4.79 Å². The molecule has 1 rings (SSSR count). The Kier molecular flexibility index (Phi) is 14.6. The molecule has 1 aliphatic heterocycles. The predicted octanol–water partition coefficient (Wildman–Crippen LogP) is 2.32. The number of hydrogen-bond donors (Lipinski definition) is 5. The van der Waals surface area contributed by atoms with Crippen LogP contribution < -0.4 is 16.0 Å². The first-order valence-corrected chi connectivity index (χ1v) is 14.0. The van der Waals surface area contributed by atoms with Crippen LogP contribution in [0.25, 0.3) is 0 Å². The minimum atomic E-state index is -1.40. The second kappa shape index (κ2) is 16.5. The van der Waals surface area contributed by atoms with E-state index in [2.05, 4.69) is 29.5 Å². The number of aliphatic hydroxyl groups excluding tert-OH is 2. The number of rotatable bonds is 10. The molecule has 7 atom stereocenters. The van der Waals surface area contributed by atoms with Crippen molar-refractivity contribution in [2.75, 3.05) is 0 Å². The SMILES string of the molecule is C=C1NC(=O)[C@H]([C@H](C)O)NC(=O)[C@H](C(C)C)NC(=O)[C@H](C)[C@H](O)[C@H](C)[C@H](CCCCCCCCC)OC1=O. The van der Waals surface area contributed by atoms with E-state index in [4.69, 9.17) is 4.74 Å². The van der Waals surface area contributed by atoms with Gasteiger partial charge >= 0.3 is 5.97 Å². The van der Waals surface area contributed by atoms with Gasteiger partial charge in [-0.1, -0.05) is 79.7 Å². The summed E-state index contributed by atoms with van der Waals surface area (Å²) in [6.07, 6.45) is 4.71. The van der Waals surface area contributed by atoms with Gasteiger partial charge in [0.15, 0.2) is 0 Å². The summed E-state index contributed by atoms with van der Waals surface area (Å²) in [5.41, 5.74) is -0.348. The van der Waals surface area contributed by atoms with E-state index in [0.29, 0.717) is 6.42 Å². The number of hydrogen-bond acceptors (Lipinski definition) is 7. The largest absolute Gasteiger partial charge is 0.457 e. The standard InChI is InChI=1S/C28H49N3O7/c1-8-9-10-11-12-13-14-15-21-17(4)24(33)18(5)25(34)30-22(16(2)3)26(35)31-23(20(7)32)27(36)29-19(6)28(37)38-21/h16-18,20-24,32-33H,6,8-15H2,1-5,7H3,(H,29,36)(H,30,34)(H,31,35)/t17-,18-,20+,21+,22+,23+,24-/m1/s1. The summed E-state index contributed by atoms with van der Waals surface area (Å²) in [6, 6.07) is -2.42. The van der Waals surface area contributed by atoms with Crippen molar-refractivity contribution < 1.29 is 34.1 Å². The molecule has 0 aromatic rings. The second-order valence-corrected chi connectivity index (χ2v) is 10.9. The molecule has 0 saturated carbocycles. The molecule has 0 radical (unpaired) electrons. The molecule has 1 saturated heterocycles. The highest BCUT2D eigenvalue weighted by Crippen LogP contribution is 2.25. The molecule has 5 N–H and O–H groups in total. The summed E-state index contributed by atoms with van der Waals surface area (Å²) in [5, 5.41) is 28.7. The van der Waals surface area contributed by atoms with Gasteiger partial charge in [0.25, 0.3) is 0 Å². The Hall–Kier alpha value is -2.46. The molecule has 3 amide bonds. The Morgan fingerprint density at radius 1 is 0.868 bits per heavy atom. The number of unbranched alkanes of at least 4 members (excludes halogenated alkanes) is 6. The lowest BCUT2D eigenvalue weighted by atomic mass is 9.86. The molecular formula is C28H49N3O7. The molecule has 1 heterocycles. The molecule has 10 heteroatoms. The number of carbonyl (C=O) groups is 4. The molecule has 218 valence electrons. The molecule has 0 aliphatic carbocycles. The minimum Gasteiger partial charge on any atom is -0.457 e. The quantitative estimate of drug-likeness (QED) is 0.162. The fourth-order valence-corrected chi connectivity index (χ4v) is 4.52. The third-order valence-electron chi connectivity index (χ3n) is 7.23. The van der Waals surface area contributed by atoms with Crippen LogP contribution in [0.2, 0.25) is 0 Å². The maximum Gasteiger partial charge on any atom is 0.354 e. The van der Waals surface area contributed by atoms with Gasteiger partial charge in [-0.3, -0.25) is 14.4 Å². The average Bonchev–Trinajstić information content (AvgIpc) is 2.86. The van der Waals surface area contributed by atoms with Crippen LogP contribution in [0.4, 0.5) is 0 Å². The van der Waals surface area contributed by atoms with E-state index in [-0.39, 0.29) is 11.6 Å². The zero-order valence-electron chi connectivity index (χ0n) is 23.9. The van der Waals surface area contributed by atoms with Crippen molar-refractivity contribution in [3.8, 4) is 0 Å². The van der Waals surface area contributed by atoms with E-state index in [0.717, 1.165) is 25.7 Å². The van der Waals surface area contributed by atoms with Crippen LogP contribution in [0.5, 0.6) is 0 Å². The van der Waals surface area contributed by atoms with Gasteiger partial charge in [-0.05, 0) is 25.7 Å².